The van der Waals surface area contributed by atoms with E-state index in [4.69, 9.17) is 0 Å². The molecule has 0 saturated heterocycles. The van der Waals surface area contributed by atoms with E-state index in [9.17, 15) is 35.1 Å². The van der Waals surface area contributed by atoms with Crippen LogP contribution in [0.2, 0.25) is 0 Å². The van der Waals surface area contributed by atoms with Gasteiger partial charge >= 0.3 is 0 Å². The summed E-state index contributed by atoms with van der Waals surface area (Å²) in [6.45, 7) is 5.09. The fourth-order valence-electron chi connectivity index (χ4n) is 6.34. The number of aromatic hydroxyl groups is 5. The minimum atomic E-state index is -0.576. The predicted molar refractivity (Wildman–Crippen MR) is 178 cm³/mol. The van der Waals surface area contributed by atoms with Crippen LogP contribution in [0.3, 0.4) is 0 Å². The molecular weight excluding hydrogens is 580 g/mol. The first kappa shape index (κ1) is 30.2. The lowest BCUT2D eigenvalue weighted by Crippen LogP contribution is -2.06. The Labute approximate surface area is 265 Å². The Morgan fingerprint density at radius 1 is 0.478 bits per heavy atom. The fourth-order valence-corrected chi connectivity index (χ4v) is 6.34. The first-order chi connectivity index (χ1) is 22.0. The number of benzene rings is 6. The summed E-state index contributed by atoms with van der Waals surface area (Å²) in [5.74, 6) is -2.55. The molecule has 0 saturated carbocycles. The van der Waals surface area contributed by atoms with Crippen LogP contribution >= 0.6 is 0 Å². The van der Waals surface area contributed by atoms with Crippen LogP contribution in [0.15, 0.2) is 84.9 Å². The first-order valence-corrected chi connectivity index (χ1v) is 14.8. The molecule has 0 fully saturated rings. The lowest BCUT2D eigenvalue weighted by Gasteiger charge is -2.20. The van der Waals surface area contributed by atoms with Crippen LogP contribution in [0.25, 0.3) is 32.7 Å². The van der Waals surface area contributed by atoms with Gasteiger partial charge in [-0.25, -0.2) is 0 Å². The highest BCUT2D eigenvalue weighted by molar-refractivity contribution is 6.17. The van der Waals surface area contributed by atoms with Crippen LogP contribution in [0, 0.1) is 20.8 Å². The van der Waals surface area contributed by atoms with Gasteiger partial charge in [0.05, 0.1) is 11.1 Å². The first-order valence-electron chi connectivity index (χ1n) is 14.8. The zero-order chi connectivity index (χ0) is 32.9. The molecular formula is C39H32O7. The Hall–Kier alpha value is -5.82. The summed E-state index contributed by atoms with van der Waals surface area (Å²) in [5.41, 5.74) is 3.46. The quantitative estimate of drug-likeness (QED) is 0.0911. The van der Waals surface area contributed by atoms with E-state index < -0.39 is 17.3 Å². The Bertz CT molecular complexity index is 2040. The van der Waals surface area contributed by atoms with Gasteiger partial charge in [-0.15, -0.1) is 0 Å². The number of rotatable bonds is 7. The molecule has 0 amide bonds. The van der Waals surface area contributed by atoms with Crippen molar-refractivity contribution in [1.82, 2.24) is 0 Å². The lowest BCUT2D eigenvalue weighted by atomic mass is 9.85. The minimum absolute atomic E-state index is 0.0311. The Morgan fingerprint density at radius 3 is 1.33 bits per heavy atom. The third kappa shape index (κ3) is 5.06. The molecule has 0 aromatic heterocycles. The maximum atomic E-state index is 13.5. The van der Waals surface area contributed by atoms with E-state index in [-0.39, 0.29) is 63.3 Å². The summed E-state index contributed by atoms with van der Waals surface area (Å²) in [7, 11) is 0. The molecule has 0 bridgehead atoms. The molecule has 7 nitrogen and oxygen atoms in total. The zero-order valence-corrected chi connectivity index (χ0v) is 25.5. The van der Waals surface area contributed by atoms with Crippen molar-refractivity contribution in [3.05, 3.63) is 124 Å². The number of carbonyl (C=O) groups excluding carboxylic acids is 2. The van der Waals surface area contributed by atoms with Gasteiger partial charge in [0.2, 0.25) is 0 Å². The van der Waals surface area contributed by atoms with E-state index in [1.165, 1.54) is 6.07 Å². The second-order valence-corrected chi connectivity index (χ2v) is 11.7. The molecule has 0 atom stereocenters. The number of carbonyl (C=O) groups is 2. The Kier molecular flexibility index (Phi) is 7.62. The molecule has 0 aliphatic carbocycles. The normalized spacial score (nSPS) is 11.3. The molecule has 46 heavy (non-hydrogen) atoms. The van der Waals surface area contributed by atoms with E-state index in [0.29, 0.717) is 33.0 Å². The maximum absolute atomic E-state index is 13.5. The van der Waals surface area contributed by atoms with Crippen molar-refractivity contribution < 1.29 is 35.1 Å². The summed E-state index contributed by atoms with van der Waals surface area (Å²) in [6, 6.07) is 24.3. The van der Waals surface area contributed by atoms with Gasteiger partial charge in [-0.05, 0) is 72.9 Å². The van der Waals surface area contributed by atoms with Crippen LogP contribution in [-0.4, -0.2) is 37.1 Å². The molecule has 0 heterocycles. The average Bonchev–Trinajstić information content (AvgIpc) is 3.02. The van der Waals surface area contributed by atoms with Crippen molar-refractivity contribution in [3.8, 4) is 39.9 Å². The van der Waals surface area contributed by atoms with Crippen molar-refractivity contribution in [1.29, 1.82) is 0 Å². The molecule has 0 spiro atoms. The molecule has 5 N–H and O–H groups in total. The summed E-state index contributed by atoms with van der Waals surface area (Å²) >= 11 is 0. The summed E-state index contributed by atoms with van der Waals surface area (Å²) < 4.78 is 0. The number of Topliss-reactive ketones (excluding diaryl/α,β-unsaturated/α-hetero) is 2. The molecule has 0 unspecified atom stereocenters. The van der Waals surface area contributed by atoms with Crippen molar-refractivity contribution in [2.45, 2.75) is 33.6 Å². The van der Waals surface area contributed by atoms with Gasteiger partial charge < -0.3 is 25.5 Å². The van der Waals surface area contributed by atoms with Gasteiger partial charge in [0.25, 0.3) is 0 Å². The van der Waals surface area contributed by atoms with Crippen LogP contribution < -0.4 is 0 Å². The van der Waals surface area contributed by atoms with Gasteiger partial charge in [-0.2, -0.15) is 0 Å². The van der Waals surface area contributed by atoms with Crippen LogP contribution in [0.5, 0.6) is 28.7 Å². The third-order valence-electron chi connectivity index (χ3n) is 8.57. The molecule has 6 rings (SSSR count). The molecule has 7 heteroatoms. The summed E-state index contributed by atoms with van der Waals surface area (Å²) in [4.78, 5) is 27.0. The summed E-state index contributed by atoms with van der Waals surface area (Å²) in [6.07, 6.45) is 0.0252. The average molecular weight is 613 g/mol. The van der Waals surface area contributed by atoms with E-state index in [0.717, 1.165) is 11.1 Å². The van der Waals surface area contributed by atoms with E-state index >= 15 is 0 Å². The van der Waals surface area contributed by atoms with Gasteiger partial charge in [-0.3, -0.25) is 9.59 Å². The number of fused-ring (bicyclic) bond motifs is 2. The molecule has 0 aliphatic heterocycles. The fraction of sp³-hybridized carbons (Fsp3) is 0.128. The van der Waals surface area contributed by atoms with Gasteiger partial charge in [0.15, 0.2) is 23.1 Å². The monoisotopic (exact) mass is 612 g/mol. The zero-order valence-electron chi connectivity index (χ0n) is 25.5. The van der Waals surface area contributed by atoms with Crippen LogP contribution in [-0.2, 0) is 12.8 Å². The topological polar surface area (TPSA) is 135 Å². The van der Waals surface area contributed by atoms with E-state index in [2.05, 4.69) is 0 Å². The SMILES string of the molecule is Cc1cc2c(O)c(-c3c(C)cc4c(C(=O)Cc5ccccc5)c(O)c(O)cc4c3O)c(C)cc2c(C(=O)Cc2ccccc2)c1O. The van der Waals surface area contributed by atoms with Crippen molar-refractivity contribution in [2.24, 2.45) is 0 Å². The smallest absolute Gasteiger partial charge is 0.171 e. The van der Waals surface area contributed by atoms with Gasteiger partial charge in [0.1, 0.15) is 17.2 Å². The van der Waals surface area contributed by atoms with Gasteiger partial charge in [0, 0.05) is 45.5 Å². The maximum Gasteiger partial charge on any atom is 0.171 e. The molecule has 0 aliphatic rings. The molecule has 6 aromatic rings. The van der Waals surface area contributed by atoms with E-state index in [1.54, 1.807) is 63.2 Å². The Morgan fingerprint density at radius 2 is 0.870 bits per heavy atom. The second-order valence-electron chi connectivity index (χ2n) is 11.7. The number of ketones is 2. The highest BCUT2D eigenvalue weighted by atomic mass is 16.3. The largest absolute Gasteiger partial charge is 0.507 e. The molecule has 230 valence electrons. The van der Waals surface area contributed by atoms with Crippen molar-refractivity contribution in [3.63, 3.8) is 0 Å². The molecule has 0 radical (unpaired) electrons. The third-order valence-corrected chi connectivity index (χ3v) is 8.57. The second kappa shape index (κ2) is 11.6. The summed E-state index contributed by atoms with van der Waals surface area (Å²) in [5, 5.41) is 57.0. The number of hydrogen-bond acceptors (Lipinski definition) is 7. The number of phenolic OH excluding ortho intramolecular Hbond substituents is 5. The highest BCUT2D eigenvalue weighted by Gasteiger charge is 2.27. The van der Waals surface area contributed by atoms with Crippen molar-refractivity contribution in [2.75, 3.05) is 0 Å². The number of phenols is 5. The number of aryl methyl sites for hydroxylation is 3. The van der Waals surface area contributed by atoms with Crippen LogP contribution in [0.4, 0.5) is 0 Å². The number of hydrogen-bond donors (Lipinski definition) is 5. The predicted octanol–water partition coefficient (Wildman–Crippen LogP) is 7.96. The minimum Gasteiger partial charge on any atom is -0.507 e. The highest BCUT2D eigenvalue weighted by Crippen LogP contribution is 2.50. The van der Waals surface area contributed by atoms with Crippen molar-refractivity contribution >= 4 is 33.1 Å². The molecule has 6 aromatic carbocycles. The van der Waals surface area contributed by atoms with Gasteiger partial charge in [-0.1, -0.05) is 60.7 Å². The van der Waals surface area contributed by atoms with E-state index in [1.807, 2.05) is 36.4 Å². The lowest BCUT2D eigenvalue weighted by molar-refractivity contribution is 0.0983. The Balaban J connectivity index is 1.54. The standard InChI is InChI=1S/C39H32O7/c1-20-14-25-27(16-22(3)36(43)34(25)29(40)17-23-10-6-4-7-11-23)37(44)32(20)33-21(2)15-26-28(38(33)45)19-31(42)39(46)35(26)30(41)18-24-12-8-5-9-13-24/h4-16,19,42-46H,17-18H2,1-3H3. The van der Waals surface area contributed by atoms with Crippen LogP contribution in [0.1, 0.15) is 48.5 Å².